The number of hydrogen-bond acceptors (Lipinski definition) is 9. The second kappa shape index (κ2) is 7.76. The number of ether oxygens (including phenoxy) is 1. The molecule has 10 nitrogen and oxygen atoms in total. The fourth-order valence-electron chi connectivity index (χ4n) is 3.88. The molecular formula is C18H18N6O4S2. The molecule has 3 heterocycles. The van der Waals surface area contributed by atoms with Crippen LogP contribution in [-0.4, -0.2) is 65.9 Å². The summed E-state index contributed by atoms with van der Waals surface area (Å²) < 4.78 is 5.40. The number of benzene rings is 1. The Morgan fingerprint density at radius 1 is 1.37 bits per heavy atom. The highest BCUT2D eigenvalue weighted by atomic mass is 32.2. The predicted octanol–water partition coefficient (Wildman–Crippen LogP) is -0.0631. The van der Waals surface area contributed by atoms with Crippen LogP contribution in [0.2, 0.25) is 0 Å². The molecule has 1 aromatic heterocycles. The number of amides is 2. The van der Waals surface area contributed by atoms with Crippen molar-refractivity contribution in [3.8, 4) is 0 Å². The average molecular weight is 447 g/mol. The van der Waals surface area contributed by atoms with Crippen molar-refractivity contribution in [3.05, 3.63) is 41.7 Å². The Labute approximate surface area is 181 Å². The summed E-state index contributed by atoms with van der Waals surface area (Å²) >= 11 is 5.98. The van der Waals surface area contributed by atoms with Crippen LogP contribution in [-0.2, 0) is 37.3 Å². The molecule has 30 heavy (non-hydrogen) atoms. The van der Waals surface area contributed by atoms with E-state index in [1.54, 1.807) is 14.0 Å². The van der Waals surface area contributed by atoms with Gasteiger partial charge in [-0.2, -0.15) is 0 Å². The molecule has 0 spiro atoms. The van der Waals surface area contributed by atoms with Gasteiger partial charge in [-0.15, -0.1) is 16.9 Å². The molecule has 1 aromatic carbocycles. The Bertz CT molecular complexity index is 1020. The minimum Gasteiger partial charge on any atom is -0.421 e. The van der Waals surface area contributed by atoms with Gasteiger partial charge in [-0.05, 0) is 35.1 Å². The smallest absolute Gasteiger partial charge is 0.336 e. The lowest BCUT2D eigenvalue weighted by atomic mass is 9.93. The van der Waals surface area contributed by atoms with Gasteiger partial charge in [-0.1, -0.05) is 30.3 Å². The van der Waals surface area contributed by atoms with Gasteiger partial charge in [-0.3, -0.25) is 9.59 Å². The fraction of sp³-hybridized carbons (Fsp3) is 0.389. The molecule has 12 heteroatoms. The van der Waals surface area contributed by atoms with Gasteiger partial charge in [0.25, 0.3) is 0 Å². The van der Waals surface area contributed by atoms with Crippen LogP contribution in [0.15, 0.2) is 30.3 Å². The molecule has 0 aliphatic carbocycles. The van der Waals surface area contributed by atoms with Crippen molar-refractivity contribution in [3.63, 3.8) is 0 Å². The van der Waals surface area contributed by atoms with Gasteiger partial charge < -0.3 is 15.0 Å². The van der Waals surface area contributed by atoms with Crippen molar-refractivity contribution in [2.24, 2.45) is 7.05 Å². The van der Waals surface area contributed by atoms with E-state index in [0.29, 0.717) is 5.82 Å². The summed E-state index contributed by atoms with van der Waals surface area (Å²) in [5.74, 6) is -0.894. The highest BCUT2D eigenvalue weighted by Gasteiger charge is 2.68. The molecule has 4 atom stereocenters. The molecule has 0 radical (unpaired) electrons. The van der Waals surface area contributed by atoms with E-state index in [1.807, 2.05) is 30.3 Å². The number of carbonyl (C=O) groups is 3. The molecule has 0 bridgehead atoms. The lowest BCUT2D eigenvalue weighted by Crippen LogP contribution is -2.70. The maximum atomic E-state index is 12.9. The number of nitrogens with zero attached hydrogens (tertiary/aromatic N) is 5. The quantitative estimate of drug-likeness (QED) is 0.370. The van der Waals surface area contributed by atoms with Crippen LogP contribution >= 0.6 is 24.0 Å². The zero-order chi connectivity index (χ0) is 21.5. The van der Waals surface area contributed by atoms with Gasteiger partial charge in [0.2, 0.25) is 11.8 Å². The number of carbonyl (C=O) groups excluding carboxylic acids is 3. The van der Waals surface area contributed by atoms with E-state index in [4.69, 9.17) is 4.74 Å². The summed E-state index contributed by atoms with van der Waals surface area (Å²) in [6.45, 7) is 1.77. The molecular weight excluding hydrogens is 428 g/mol. The molecule has 4 rings (SSSR count). The molecule has 0 saturated carbocycles. The Balaban J connectivity index is 1.57. The first-order valence-corrected chi connectivity index (χ1v) is 10.4. The molecule has 2 aromatic rings. The van der Waals surface area contributed by atoms with E-state index in [1.165, 1.54) is 21.3 Å². The minimum atomic E-state index is -0.980. The number of aryl methyl sites for hydroxylation is 1. The monoisotopic (exact) mass is 446 g/mol. The minimum absolute atomic E-state index is 0.156. The van der Waals surface area contributed by atoms with Crippen LogP contribution < -0.4 is 5.32 Å². The zero-order valence-electron chi connectivity index (χ0n) is 16.1. The number of esters is 1. The molecule has 2 aliphatic heterocycles. The normalized spacial score (nSPS) is 27.2. The highest BCUT2D eigenvalue weighted by Crippen LogP contribution is 2.55. The Hall–Kier alpha value is -2.86. The highest BCUT2D eigenvalue weighted by molar-refractivity contribution is 8.01. The number of β-lactam (4-membered cyclic amide) rings is 1. The first-order chi connectivity index (χ1) is 14.4. The number of aromatic nitrogens is 4. The number of rotatable bonds is 6. The van der Waals surface area contributed by atoms with Crippen LogP contribution in [0.1, 0.15) is 18.3 Å². The van der Waals surface area contributed by atoms with Gasteiger partial charge in [0.15, 0.2) is 17.4 Å². The summed E-state index contributed by atoms with van der Waals surface area (Å²) in [6, 6.07) is 7.51. The first-order valence-electron chi connectivity index (χ1n) is 9.07. The second-order valence-corrected chi connectivity index (χ2v) is 8.89. The Morgan fingerprint density at radius 2 is 2.10 bits per heavy atom. The van der Waals surface area contributed by atoms with Gasteiger partial charge in [0.05, 0.1) is 6.42 Å². The van der Waals surface area contributed by atoms with Crippen molar-refractivity contribution in [1.82, 2.24) is 30.4 Å². The third-order valence-electron chi connectivity index (χ3n) is 5.22. The third kappa shape index (κ3) is 3.25. The van der Waals surface area contributed by atoms with E-state index >= 15 is 0 Å². The van der Waals surface area contributed by atoms with Crippen molar-refractivity contribution in [2.45, 2.75) is 35.5 Å². The van der Waals surface area contributed by atoms with Crippen LogP contribution in [0.3, 0.4) is 0 Å². The lowest BCUT2D eigenvalue weighted by Gasteiger charge is -2.43. The Morgan fingerprint density at radius 3 is 2.73 bits per heavy atom. The van der Waals surface area contributed by atoms with E-state index in [9.17, 15) is 14.4 Å². The van der Waals surface area contributed by atoms with Gasteiger partial charge in [-0.25, -0.2) is 9.48 Å². The van der Waals surface area contributed by atoms with Gasteiger partial charge in [0, 0.05) is 7.05 Å². The molecule has 2 amide bonds. The summed E-state index contributed by atoms with van der Waals surface area (Å²) in [5.41, 5.74) is 1.70. The molecule has 156 valence electrons. The maximum absolute atomic E-state index is 12.9. The standard InChI is InChI=1S/C18H18N6O4S2/c1-18(17-20-21-22-23(17)2)13(16(27)28-9-29)24-14(26)12(15(24)30-18)19-11(25)8-10-6-4-3-5-7-10/h3-7,9,12-13,15H,8H2,1-2H3,(H,19,25)/t12?,13?,15-,18?/m0/s1. The van der Waals surface area contributed by atoms with Crippen LogP contribution in [0, 0.1) is 0 Å². The van der Waals surface area contributed by atoms with E-state index in [2.05, 4.69) is 33.1 Å². The fourth-order valence-corrected chi connectivity index (χ4v) is 5.75. The summed E-state index contributed by atoms with van der Waals surface area (Å²) in [5, 5.41) is 13.9. The lowest BCUT2D eigenvalue weighted by molar-refractivity contribution is -0.160. The van der Waals surface area contributed by atoms with Crippen molar-refractivity contribution in [1.29, 1.82) is 0 Å². The second-order valence-electron chi connectivity index (χ2n) is 7.13. The zero-order valence-corrected chi connectivity index (χ0v) is 17.7. The van der Waals surface area contributed by atoms with Gasteiger partial charge >= 0.3 is 5.97 Å². The van der Waals surface area contributed by atoms with E-state index in [-0.39, 0.29) is 18.2 Å². The van der Waals surface area contributed by atoms with Crippen LogP contribution in [0.25, 0.3) is 0 Å². The van der Waals surface area contributed by atoms with Crippen molar-refractivity contribution >= 4 is 47.3 Å². The largest absolute Gasteiger partial charge is 0.421 e. The van der Waals surface area contributed by atoms with Crippen molar-refractivity contribution in [2.75, 3.05) is 0 Å². The SMILES string of the molecule is Cn1nnnc1C1(C)S[C@H]2C(NC(=O)Cc3ccccc3)C(=O)N2C1C(=O)OC=S. The Kier molecular flexibility index (Phi) is 5.28. The molecule has 2 saturated heterocycles. The summed E-state index contributed by atoms with van der Waals surface area (Å²) in [7, 11) is 1.65. The number of fused-ring (bicyclic) bond motifs is 1. The third-order valence-corrected chi connectivity index (χ3v) is 6.95. The summed E-state index contributed by atoms with van der Waals surface area (Å²) in [6.07, 6.45) is 0.156. The topological polar surface area (TPSA) is 119 Å². The number of hydrogen-bond donors (Lipinski definition) is 1. The number of nitrogens with one attached hydrogen (secondary N) is 1. The van der Waals surface area contributed by atoms with E-state index in [0.717, 1.165) is 11.1 Å². The molecule has 1 N–H and O–H groups in total. The van der Waals surface area contributed by atoms with E-state index < -0.39 is 28.2 Å². The van der Waals surface area contributed by atoms with Gasteiger partial charge in [0.1, 0.15) is 16.2 Å². The van der Waals surface area contributed by atoms with Crippen LogP contribution in [0.4, 0.5) is 0 Å². The predicted molar refractivity (Wildman–Crippen MR) is 110 cm³/mol. The van der Waals surface area contributed by atoms with Crippen LogP contribution in [0.5, 0.6) is 0 Å². The maximum Gasteiger partial charge on any atom is 0.336 e. The first kappa shape index (κ1) is 20.4. The number of tetrazole rings is 1. The average Bonchev–Trinajstić information content (AvgIpc) is 3.27. The number of thioether (sulfide) groups is 1. The summed E-state index contributed by atoms with van der Waals surface area (Å²) in [4.78, 5) is 39.5. The molecule has 3 unspecified atom stereocenters. The molecule has 2 fully saturated rings. The number of thiocarbonyl (C=S) groups is 1. The molecule has 2 aliphatic rings. The van der Waals surface area contributed by atoms with Crippen molar-refractivity contribution < 1.29 is 19.1 Å².